The molecule has 0 aromatic heterocycles. The first-order chi connectivity index (χ1) is 14.0. The highest BCUT2D eigenvalue weighted by atomic mass is 16.6. The van der Waals surface area contributed by atoms with Gasteiger partial charge in [-0.25, -0.2) is 4.79 Å². The first-order valence-electron chi connectivity index (χ1n) is 9.10. The van der Waals surface area contributed by atoms with Crippen LogP contribution in [-0.4, -0.2) is 38.7 Å². The molecule has 152 valence electrons. The van der Waals surface area contributed by atoms with Gasteiger partial charge in [0.25, 0.3) is 0 Å². The lowest BCUT2D eigenvalue weighted by molar-refractivity contribution is -0.150. The van der Waals surface area contributed by atoms with Gasteiger partial charge in [0.2, 0.25) is 5.78 Å². The molecule has 2 aromatic carbocycles. The minimum atomic E-state index is -0.777. The molecule has 0 amide bonds. The van der Waals surface area contributed by atoms with Crippen molar-refractivity contribution in [3.63, 3.8) is 0 Å². The molecular weight excluding hydrogens is 376 g/mol. The molecule has 0 N–H and O–H groups in total. The summed E-state index contributed by atoms with van der Waals surface area (Å²) in [5.41, 5.74) is 1.06. The highest BCUT2D eigenvalue weighted by Gasteiger charge is 2.28. The number of carbonyl (C=O) groups is 2. The molecule has 1 heterocycles. The van der Waals surface area contributed by atoms with Gasteiger partial charge in [-0.2, -0.15) is 0 Å². The third-order valence-corrected chi connectivity index (χ3v) is 4.30. The quantitative estimate of drug-likeness (QED) is 0.520. The SMILES string of the molecule is CCOC(=O)[C@H](C)Oc1ccc2c(c1)O/C(=C\c1cc(OC)ccc1OC)C2=O. The molecule has 7 nitrogen and oxygen atoms in total. The van der Waals surface area contributed by atoms with Crippen molar-refractivity contribution in [3.8, 4) is 23.0 Å². The molecular formula is C22H22O7. The molecule has 1 atom stereocenters. The number of rotatable bonds is 7. The Balaban J connectivity index is 1.84. The number of hydrogen-bond donors (Lipinski definition) is 0. The van der Waals surface area contributed by atoms with E-state index in [4.69, 9.17) is 23.7 Å². The minimum Gasteiger partial charge on any atom is -0.497 e. The Morgan fingerprint density at radius 3 is 2.55 bits per heavy atom. The molecule has 0 saturated heterocycles. The number of fused-ring (bicyclic) bond motifs is 1. The third-order valence-electron chi connectivity index (χ3n) is 4.30. The molecule has 1 aliphatic rings. The van der Waals surface area contributed by atoms with E-state index >= 15 is 0 Å². The van der Waals surface area contributed by atoms with E-state index in [1.807, 2.05) is 0 Å². The molecule has 29 heavy (non-hydrogen) atoms. The monoisotopic (exact) mass is 398 g/mol. The van der Waals surface area contributed by atoms with Crippen LogP contribution >= 0.6 is 0 Å². The van der Waals surface area contributed by atoms with Crippen LogP contribution < -0.4 is 18.9 Å². The average Bonchev–Trinajstić information content (AvgIpc) is 3.02. The molecule has 7 heteroatoms. The Labute approximate surface area is 168 Å². The number of benzene rings is 2. The van der Waals surface area contributed by atoms with Gasteiger partial charge in [-0.15, -0.1) is 0 Å². The van der Waals surface area contributed by atoms with E-state index in [1.54, 1.807) is 70.5 Å². The topological polar surface area (TPSA) is 80.3 Å². The molecule has 0 bridgehead atoms. The smallest absolute Gasteiger partial charge is 0.347 e. The zero-order valence-electron chi connectivity index (χ0n) is 16.7. The van der Waals surface area contributed by atoms with E-state index in [9.17, 15) is 9.59 Å². The van der Waals surface area contributed by atoms with E-state index in [0.29, 0.717) is 34.1 Å². The van der Waals surface area contributed by atoms with Gasteiger partial charge in [-0.1, -0.05) is 0 Å². The summed E-state index contributed by atoms with van der Waals surface area (Å²) in [6.07, 6.45) is 0.826. The predicted molar refractivity (Wildman–Crippen MR) is 106 cm³/mol. The molecule has 0 unspecified atom stereocenters. The second kappa shape index (κ2) is 8.68. The standard InChI is InChI=1S/C22H22O7/c1-5-27-22(24)13(2)28-16-6-8-17-19(12-16)29-20(21(17)23)11-14-10-15(25-3)7-9-18(14)26-4/h6-13H,5H2,1-4H3/b20-11-/t13-/m0/s1. The molecule has 3 rings (SSSR count). The normalized spacial score (nSPS) is 14.8. The maximum absolute atomic E-state index is 12.7. The van der Waals surface area contributed by atoms with E-state index in [-0.39, 0.29) is 18.1 Å². The lowest BCUT2D eigenvalue weighted by Crippen LogP contribution is -2.26. The number of ether oxygens (including phenoxy) is 5. The molecule has 1 aliphatic heterocycles. The van der Waals surface area contributed by atoms with Crippen molar-refractivity contribution in [1.82, 2.24) is 0 Å². The number of hydrogen-bond acceptors (Lipinski definition) is 7. The van der Waals surface area contributed by atoms with Gasteiger partial charge in [0.05, 0.1) is 26.4 Å². The summed E-state index contributed by atoms with van der Waals surface area (Å²) in [6.45, 7) is 3.60. The molecule has 0 spiro atoms. The van der Waals surface area contributed by atoms with Crippen LogP contribution in [0.4, 0.5) is 0 Å². The number of methoxy groups -OCH3 is 2. The Morgan fingerprint density at radius 1 is 1.10 bits per heavy atom. The summed E-state index contributed by atoms with van der Waals surface area (Å²) in [6, 6.07) is 10.1. The van der Waals surface area contributed by atoms with E-state index in [0.717, 1.165) is 0 Å². The largest absolute Gasteiger partial charge is 0.497 e. The van der Waals surface area contributed by atoms with Gasteiger partial charge in [0, 0.05) is 11.6 Å². The van der Waals surface area contributed by atoms with Crippen molar-refractivity contribution in [2.24, 2.45) is 0 Å². The van der Waals surface area contributed by atoms with Crippen LogP contribution in [0, 0.1) is 0 Å². The fraction of sp³-hybridized carbons (Fsp3) is 0.273. The lowest BCUT2D eigenvalue weighted by atomic mass is 10.1. The second-order valence-electron chi connectivity index (χ2n) is 6.22. The van der Waals surface area contributed by atoms with Crippen molar-refractivity contribution in [3.05, 3.63) is 53.3 Å². The highest BCUT2D eigenvalue weighted by molar-refractivity contribution is 6.14. The van der Waals surface area contributed by atoms with Crippen LogP contribution in [0.15, 0.2) is 42.2 Å². The number of Topliss-reactive ketones (excluding diaryl/α,β-unsaturated/α-hetero) is 1. The lowest BCUT2D eigenvalue weighted by Gasteiger charge is -2.13. The zero-order chi connectivity index (χ0) is 21.0. The Hall–Kier alpha value is -3.48. The summed E-state index contributed by atoms with van der Waals surface area (Å²) >= 11 is 0. The van der Waals surface area contributed by atoms with Crippen molar-refractivity contribution < 1.29 is 33.3 Å². The third kappa shape index (κ3) is 4.34. The van der Waals surface area contributed by atoms with Crippen LogP contribution in [0.2, 0.25) is 0 Å². The Bertz CT molecular complexity index is 962. The summed E-state index contributed by atoms with van der Waals surface area (Å²) in [7, 11) is 3.11. The van der Waals surface area contributed by atoms with Crippen LogP contribution in [0.3, 0.4) is 0 Å². The first kappa shape index (κ1) is 20.3. The minimum absolute atomic E-state index is 0.155. The van der Waals surface area contributed by atoms with Crippen molar-refractivity contribution in [2.45, 2.75) is 20.0 Å². The molecule has 2 aromatic rings. The maximum Gasteiger partial charge on any atom is 0.347 e. The average molecular weight is 398 g/mol. The van der Waals surface area contributed by atoms with Crippen LogP contribution in [0.1, 0.15) is 29.8 Å². The summed E-state index contributed by atoms with van der Waals surface area (Å²) in [5.74, 6) is 1.41. The number of esters is 1. The summed E-state index contributed by atoms with van der Waals surface area (Å²) < 4.78 is 26.8. The summed E-state index contributed by atoms with van der Waals surface area (Å²) in [4.78, 5) is 24.4. The molecule has 0 fully saturated rings. The van der Waals surface area contributed by atoms with Crippen molar-refractivity contribution in [1.29, 1.82) is 0 Å². The van der Waals surface area contributed by atoms with Crippen molar-refractivity contribution in [2.75, 3.05) is 20.8 Å². The van der Waals surface area contributed by atoms with E-state index in [2.05, 4.69) is 0 Å². The van der Waals surface area contributed by atoms with Gasteiger partial charge < -0.3 is 23.7 Å². The van der Waals surface area contributed by atoms with Gasteiger partial charge in [0.1, 0.15) is 23.0 Å². The first-order valence-corrected chi connectivity index (χ1v) is 9.10. The van der Waals surface area contributed by atoms with E-state index in [1.165, 1.54) is 0 Å². The van der Waals surface area contributed by atoms with Gasteiger partial charge in [-0.05, 0) is 50.3 Å². The Morgan fingerprint density at radius 2 is 1.86 bits per heavy atom. The fourth-order valence-electron chi connectivity index (χ4n) is 2.85. The second-order valence-corrected chi connectivity index (χ2v) is 6.22. The van der Waals surface area contributed by atoms with Crippen LogP contribution in [-0.2, 0) is 9.53 Å². The van der Waals surface area contributed by atoms with Crippen molar-refractivity contribution >= 4 is 17.8 Å². The van der Waals surface area contributed by atoms with Gasteiger partial charge in [0.15, 0.2) is 11.9 Å². The number of ketones is 1. The van der Waals surface area contributed by atoms with Gasteiger partial charge >= 0.3 is 5.97 Å². The Kier molecular flexibility index (Phi) is 6.07. The van der Waals surface area contributed by atoms with Gasteiger partial charge in [-0.3, -0.25) is 4.79 Å². The van der Waals surface area contributed by atoms with Crippen LogP contribution in [0.5, 0.6) is 23.0 Å². The molecule has 0 saturated carbocycles. The number of carbonyl (C=O) groups excluding carboxylic acids is 2. The van der Waals surface area contributed by atoms with Crippen LogP contribution in [0.25, 0.3) is 6.08 Å². The predicted octanol–water partition coefficient (Wildman–Crippen LogP) is 3.65. The zero-order valence-corrected chi connectivity index (χ0v) is 16.7. The fourth-order valence-corrected chi connectivity index (χ4v) is 2.85. The highest BCUT2D eigenvalue weighted by Crippen LogP contribution is 2.36. The van der Waals surface area contributed by atoms with E-state index < -0.39 is 12.1 Å². The number of allylic oxidation sites excluding steroid dienone is 1. The molecule has 0 aliphatic carbocycles. The maximum atomic E-state index is 12.7. The molecule has 0 radical (unpaired) electrons. The summed E-state index contributed by atoms with van der Waals surface area (Å²) in [5, 5.41) is 0.